The number of nitrogens with one attached hydrogen (secondary N) is 1. The third-order valence-corrected chi connectivity index (χ3v) is 6.64. The number of ether oxygens (including phenoxy) is 1. The predicted molar refractivity (Wildman–Crippen MR) is 144 cm³/mol. The molecule has 37 heavy (non-hydrogen) atoms. The molecule has 0 spiro atoms. The van der Waals surface area contributed by atoms with E-state index in [1.807, 2.05) is 49.4 Å². The smallest absolute Gasteiger partial charge is 0.278 e. The van der Waals surface area contributed by atoms with Crippen molar-refractivity contribution >= 4 is 35.0 Å². The van der Waals surface area contributed by atoms with Gasteiger partial charge in [-0.2, -0.15) is 0 Å². The fourth-order valence-corrected chi connectivity index (χ4v) is 4.41. The second-order valence-electron chi connectivity index (χ2n) is 7.94. The highest BCUT2D eigenvalue weighted by molar-refractivity contribution is 7.98. The normalized spacial score (nSPS) is 10.8. The Morgan fingerprint density at radius 1 is 0.973 bits per heavy atom. The molecule has 0 saturated heterocycles. The van der Waals surface area contributed by atoms with Gasteiger partial charge in [0.05, 0.1) is 11.4 Å². The van der Waals surface area contributed by atoms with Crippen LogP contribution in [0.1, 0.15) is 21.7 Å². The number of carbonyl (C=O) groups is 1. The SMILES string of the molecule is Cc1ccc(-n2nnc(C(=O)Nc3ccc(Oc4ccccc4)cc3)c2CSc2ncccn2)cc1Cl. The van der Waals surface area contributed by atoms with Crippen molar-refractivity contribution in [3.63, 3.8) is 0 Å². The molecule has 0 bridgehead atoms. The van der Waals surface area contributed by atoms with Crippen molar-refractivity contribution in [2.24, 2.45) is 0 Å². The second-order valence-corrected chi connectivity index (χ2v) is 9.29. The van der Waals surface area contributed by atoms with Crippen LogP contribution in [0.15, 0.2) is 96.4 Å². The Hall–Kier alpha value is -4.21. The quantitative estimate of drug-likeness (QED) is 0.185. The summed E-state index contributed by atoms with van der Waals surface area (Å²) in [6, 6.07) is 23.9. The van der Waals surface area contributed by atoms with Crippen LogP contribution in [0.3, 0.4) is 0 Å². The van der Waals surface area contributed by atoms with Crippen molar-refractivity contribution < 1.29 is 9.53 Å². The lowest BCUT2D eigenvalue weighted by Crippen LogP contribution is -2.15. The summed E-state index contributed by atoms with van der Waals surface area (Å²) in [4.78, 5) is 21.8. The Morgan fingerprint density at radius 3 is 2.43 bits per heavy atom. The van der Waals surface area contributed by atoms with E-state index in [-0.39, 0.29) is 11.6 Å². The number of anilines is 1. The number of aryl methyl sites for hydroxylation is 1. The molecule has 0 aliphatic heterocycles. The van der Waals surface area contributed by atoms with Gasteiger partial charge in [-0.1, -0.05) is 52.8 Å². The molecule has 8 nitrogen and oxygen atoms in total. The fraction of sp³-hybridized carbons (Fsp3) is 0.0741. The third-order valence-electron chi connectivity index (χ3n) is 5.35. The van der Waals surface area contributed by atoms with Gasteiger partial charge in [-0.25, -0.2) is 14.6 Å². The monoisotopic (exact) mass is 528 g/mol. The molecule has 0 radical (unpaired) electrons. The number of aromatic nitrogens is 5. The van der Waals surface area contributed by atoms with Crippen LogP contribution in [0.5, 0.6) is 11.5 Å². The highest BCUT2D eigenvalue weighted by Gasteiger charge is 2.22. The van der Waals surface area contributed by atoms with Crippen molar-refractivity contribution in [1.29, 1.82) is 0 Å². The number of halogens is 1. The van der Waals surface area contributed by atoms with Gasteiger partial charge in [-0.15, -0.1) is 5.10 Å². The summed E-state index contributed by atoms with van der Waals surface area (Å²) in [6.07, 6.45) is 3.34. The molecule has 0 saturated carbocycles. The molecule has 3 aromatic carbocycles. The number of thioether (sulfide) groups is 1. The summed E-state index contributed by atoms with van der Waals surface area (Å²) in [7, 11) is 0. The zero-order chi connectivity index (χ0) is 25.6. The molecule has 0 atom stereocenters. The number of carbonyl (C=O) groups excluding carboxylic acids is 1. The number of para-hydroxylation sites is 1. The molecule has 2 heterocycles. The molecule has 0 unspecified atom stereocenters. The average Bonchev–Trinajstić information content (AvgIpc) is 3.35. The molecular weight excluding hydrogens is 508 g/mol. The van der Waals surface area contributed by atoms with Gasteiger partial charge in [-0.3, -0.25) is 4.79 Å². The van der Waals surface area contributed by atoms with E-state index >= 15 is 0 Å². The lowest BCUT2D eigenvalue weighted by atomic mass is 10.2. The lowest BCUT2D eigenvalue weighted by Gasteiger charge is -2.10. The maximum Gasteiger partial charge on any atom is 0.278 e. The van der Waals surface area contributed by atoms with Crippen molar-refractivity contribution in [3.05, 3.63) is 113 Å². The van der Waals surface area contributed by atoms with Crippen molar-refractivity contribution in [3.8, 4) is 17.2 Å². The minimum absolute atomic E-state index is 0.199. The van der Waals surface area contributed by atoms with E-state index in [9.17, 15) is 4.79 Å². The van der Waals surface area contributed by atoms with Gasteiger partial charge in [0, 0.05) is 28.9 Å². The summed E-state index contributed by atoms with van der Waals surface area (Å²) in [6.45, 7) is 1.92. The molecule has 5 aromatic rings. The van der Waals surface area contributed by atoms with Crippen LogP contribution in [-0.4, -0.2) is 30.9 Å². The Bertz CT molecular complexity index is 1510. The summed E-state index contributed by atoms with van der Waals surface area (Å²) >= 11 is 7.74. The van der Waals surface area contributed by atoms with Gasteiger partial charge in [0.25, 0.3) is 5.91 Å². The van der Waals surface area contributed by atoms with Crippen LogP contribution in [-0.2, 0) is 5.75 Å². The standard InChI is InChI=1S/C27H21ClN6O2S/c1-18-8-11-20(16-23(18)28)34-24(17-37-27-29-14-5-15-30-27)25(32-33-34)26(35)31-19-9-12-22(13-10-19)36-21-6-3-2-4-7-21/h2-16H,17H2,1H3,(H,31,35). The number of hydrogen-bond acceptors (Lipinski definition) is 7. The van der Waals surface area contributed by atoms with E-state index < -0.39 is 0 Å². The number of rotatable bonds is 8. The molecule has 184 valence electrons. The first-order valence-electron chi connectivity index (χ1n) is 11.3. The van der Waals surface area contributed by atoms with Gasteiger partial charge >= 0.3 is 0 Å². The Morgan fingerprint density at radius 2 is 1.70 bits per heavy atom. The molecule has 2 aromatic heterocycles. The summed E-state index contributed by atoms with van der Waals surface area (Å²) in [5.41, 5.74) is 3.04. The second kappa shape index (κ2) is 11.2. The molecule has 1 amide bonds. The Balaban J connectivity index is 1.38. The molecule has 0 fully saturated rings. The summed E-state index contributed by atoms with van der Waals surface area (Å²) < 4.78 is 7.44. The average molecular weight is 529 g/mol. The highest BCUT2D eigenvalue weighted by Crippen LogP contribution is 2.27. The summed E-state index contributed by atoms with van der Waals surface area (Å²) in [5.74, 6) is 1.38. The molecule has 0 aliphatic carbocycles. The molecule has 0 aliphatic rings. The first kappa shape index (κ1) is 24.5. The number of amides is 1. The van der Waals surface area contributed by atoms with Gasteiger partial charge in [0.2, 0.25) is 0 Å². The van der Waals surface area contributed by atoms with Crippen LogP contribution in [0.2, 0.25) is 5.02 Å². The minimum Gasteiger partial charge on any atom is -0.457 e. The van der Waals surface area contributed by atoms with Crippen LogP contribution in [0.4, 0.5) is 5.69 Å². The van der Waals surface area contributed by atoms with Crippen molar-refractivity contribution in [2.75, 3.05) is 5.32 Å². The van der Waals surface area contributed by atoms with Crippen LogP contribution in [0, 0.1) is 6.92 Å². The van der Waals surface area contributed by atoms with E-state index in [1.165, 1.54) is 11.8 Å². The first-order chi connectivity index (χ1) is 18.1. The topological polar surface area (TPSA) is 94.8 Å². The molecule has 10 heteroatoms. The van der Waals surface area contributed by atoms with Crippen LogP contribution >= 0.6 is 23.4 Å². The number of benzene rings is 3. The lowest BCUT2D eigenvalue weighted by molar-refractivity contribution is 0.102. The van der Waals surface area contributed by atoms with Gasteiger partial charge in [0.15, 0.2) is 10.9 Å². The largest absolute Gasteiger partial charge is 0.457 e. The Labute approximate surface area is 222 Å². The van der Waals surface area contributed by atoms with Gasteiger partial charge in [0.1, 0.15) is 11.5 Å². The van der Waals surface area contributed by atoms with Crippen molar-refractivity contribution in [2.45, 2.75) is 17.8 Å². The Kier molecular flexibility index (Phi) is 7.43. The molecule has 1 N–H and O–H groups in total. The predicted octanol–water partition coefficient (Wildman–Crippen LogP) is 6.36. The molecule has 5 rings (SSSR count). The zero-order valence-electron chi connectivity index (χ0n) is 19.7. The van der Waals surface area contributed by atoms with E-state index in [0.29, 0.717) is 38.8 Å². The van der Waals surface area contributed by atoms with Crippen LogP contribution < -0.4 is 10.1 Å². The summed E-state index contributed by atoms with van der Waals surface area (Å²) in [5, 5.41) is 12.5. The van der Waals surface area contributed by atoms with Gasteiger partial charge in [-0.05, 0) is 67.1 Å². The van der Waals surface area contributed by atoms with E-state index in [4.69, 9.17) is 16.3 Å². The zero-order valence-corrected chi connectivity index (χ0v) is 21.3. The van der Waals surface area contributed by atoms with Gasteiger partial charge < -0.3 is 10.1 Å². The maximum atomic E-state index is 13.3. The highest BCUT2D eigenvalue weighted by atomic mass is 35.5. The van der Waals surface area contributed by atoms with E-state index in [1.54, 1.807) is 53.5 Å². The first-order valence-corrected chi connectivity index (χ1v) is 12.7. The maximum absolute atomic E-state index is 13.3. The van der Waals surface area contributed by atoms with E-state index in [0.717, 1.165) is 11.3 Å². The van der Waals surface area contributed by atoms with Crippen LogP contribution in [0.25, 0.3) is 5.69 Å². The molecular formula is C27H21ClN6O2S. The van der Waals surface area contributed by atoms with E-state index in [2.05, 4.69) is 25.6 Å². The third kappa shape index (κ3) is 5.96. The van der Waals surface area contributed by atoms with Crippen molar-refractivity contribution in [1.82, 2.24) is 25.0 Å². The fourth-order valence-electron chi connectivity index (χ4n) is 3.44. The number of hydrogen-bond donors (Lipinski definition) is 1. The number of nitrogens with zero attached hydrogens (tertiary/aromatic N) is 5. The minimum atomic E-state index is -0.384.